The van der Waals surface area contributed by atoms with Crippen LogP contribution >= 0.6 is 22.6 Å². The van der Waals surface area contributed by atoms with Crippen molar-refractivity contribution < 1.29 is 14.7 Å². The van der Waals surface area contributed by atoms with Gasteiger partial charge in [-0.05, 0) is 48.6 Å². The van der Waals surface area contributed by atoms with Crippen molar-refractivity contribution in [1.29, 1.82) is 0 Å². The second kappa shape index (κ2) is 6.57. The van der Waals surface area contributed by atoms with E-state index in [0.29, 0.717) is 19.0 Å². The summed E-state index contributed by atoms with van der Waals surface area (Å²) in [7, 11) is 0. The maximum Gasteiger partial charge on any atom is 0.174 e. The quantitative estimate of drug-likeness (QED) is 0.390. The second-order valence-electron chi connectivity index (χ2n) is 2.94. The Bertz CT molecular complexity index is 380. The lowest BCUT2D eigenvalue weighted by Gasteiger charge is -2.13. The molecule has 1 N–H and O–H groups in total. The molecular formula is C11H14INO3. The van der Waals surface area contributed by atoms with Crippen molar-refractivity contribution in [2.75, 3.05) is 13.2 Å². The Hall–Kier alpha value is -0.980. The van der Waals surface area contributed by atoms with Gasteiger partial charge in [0, 0.05) is 5.56 Å². The summed E-state index contributed by atoms with van der Waals surface area (Å²) in [6, 6.07) is 3.66. The molecule has 0 amide bonds. The molecule has 0 aliphatic rings. The third-order valence-electron chi connectivity index (χ3n) is 1.83. The highest BCUT2D eigenvalue weighted by molar-refractivity contribution is 14.1. The van der Waals surface area contributed by atoms with E-state index in [9.17, 15) is 0 Å². The molecule has 1 rings (SSSR count). The van der Waals surface area contributed by atoms with Crippen LogP contribution in [0.25, 0.3) is 0 Å². The lowest BCUT2D eigenvalue weighted by molar-refractivity contribution is 0.286. The molecule has 0 fully saturated rings. The van der Waals surface area contributed by atoms with Crippen LogP contribution in [0, 0.1) is 3.57 Å². The van der Waals surface area contributed by atoms with Crippen LogP contribution in [0.5, 0.6) is 11.5 Å². The summed E-state index contributed by atoms with van der Waals surface area (Å²) in [5.41, 5.74) is 0.777. The Balaban J connectivity index is 3.15. The highest BCUT2D eigenvalue weighted by Crippen LogP contribution is 2.33. The van der Waals surface area contributed by atoms with Crippen LogP contribution in [0.4, 0.5) is 0 Å². The van der Waals surface area contributed by atoms with Gasteiger partial charge >= 0.3 is 0 Å². The minimum Gasteiger partial charge on any atom is -0.490 e. The zero-order valence-electron chi connectivity index (χ0n) is 9.24. The molecule has 0 saturated heterocycles. The maximum atomic E-state index is 8.50. The van der Waals surface area contributed by atoms with Crippen LogP contribution in [-0.4, -0.2) is 24.6 Å². The van der Waals surface area contributed by atoms with E-state index in [0.717, 1.165) is 14.9 Å². The molecule has 0 saturated carbocycles. The predicted molar refractivity (Wildman–Crippen MR) is 70.9 cm³/mol. The number of ether oxygens (including phenoxy) is 2. The Morgan fingerprint density at radius 3 is 2.56 bits per heavy atom. The molecule has 0 radical (unpaired) electrons. The van der Waals surface area contributed by atoms with Crippen LogP contribution in [0.3, 0.4) is 0 Å². The number of halogens is 1. The van der Waals surface area contributed by atoms with Gasteiger partial charge in [0.15, 0.2) is 11.5 Å². The molecule has 1 aromatic carbocycles. The van der Waals surface area contributed by atoms with Gasteiger partial charge in [0.2, 0.25) is 0 Å². The van der Waals surface area contributed by atoms with Crippen molar-refractivity contribution >= 4 is 28.8 Å². The fraction of sp³-hybridized carbons (Fsp3) is 0.364. The van der Waals surface area contributed by atoms with Gasteiger partial charge in [-0.2, -0.15) is 0 Å². The first kappa shape index (κ1) is 13.1. The molecule has 0 unspecified atom stereocenters. The predicted octanol–water partition coefficient (Wildman–Crippen LogP) is 2.90. The molecule has 0 aliphatic carbocycles. The maximum absolute atomic E-state index is 8.50. The molecule has 0 heterocycles. The summed E-state index contributed by atoms with van der Waals surface area (Å²) in [5, 5.41) is 11.5. The molecule has 0 spiro atoms. The average Bonchev–Trinajstić information content (AvgIpc) is 2.24. The number of nitrogens with zero attached hydrogens (tertiary/aromatic N) is 1. The molecule has 1 aromatic rings. The van der Waals surface area contributed by atoms with Gasteiger partial charge in [-0.25, -0.2) is 0 Å². The second-order valence-corrected chi connectivity index (χ2v) is 4.10. The standard InChI is InChI=1S/C11H14INO3/c1-3-15-10-6-8(7-13-14)5-9(12)11(10)16-4-2/h5-7,14H,3-4H2,1-2H3. The largest absolute Gasteiger partial charge is 0.490 e. The summed E-state index contributed by atoms with van der Waals surface area (Å²) in [5.74, 6) is 1.41. The molecule has 5 heteroatoms. The van der Waals surface area contributed by atoms with Gasteiger partial charge in [-0.3, -0.25) is 0 Å². The number of hydrogen-bond acceptors (Lipinski definition) is 4. The fourth-order valence-electron chi connectivity index (χ4n) is 1.28. The molecular weight excluding hydrogens is 321 g/mol. The third kappa shape index (κ3) is 3.26. The van der Waals surface area contributed by atoms with Crippen LogP contribution in [0.15, 0.2) is 17.3 Å². The Labute approximate surface area is 108 Å². The van der Waals surface area contributed by atoms with Gasteiger partial charge in [0.25, 0.3) is 0 Å². The van der Waals surface area contributed by atoms with Crippen LogP contribution < -0.4 is 9.47 Å². The van der Waals surface area contributed by atoms with Crippen molar-refractivity contribution in [3.05, 3.63) is 21.3 Å². The first-order valence-corrected chi connectivity index (χ1v) is 6.07. The molecule has 0 aromatic heterocycles. The first-order chi connectivity index (χ1) is 7.72. The number of oxime groups is 1. The summed E-state index contributed by atoms with van der Waals surface area (Å²) in [4.78, 5) is 0. The number of benzene rings is 1. The SMILES string of the molecule is CCOc1cc(C=NO)cc(I)c1OCC. The monoisotopic (exact) mass is 335 g/mol. The summed E-state index contributed by atoms with van der Waals surface area (Å²) >= 11 is 2.17. The molecule has 0 bridgehead atoms. The van der Waals surface area contributed by atoms with E-state index in [2.05, 4.69) is 27.7 Å². The highest BCUT2D eigenvalue weighted by Gasteiger charge is 2.10. The van der Waals surface area contributed by atoms with Crippen molar-refractivity contribution in [3.8, 4) is 11.5 Å². The van der Waals surface area contributed by atoms with Crippen LogP contribution in [0.1, 0.15) is 19.4 Å². The Kier molecular flexibility index (Phi) is 5.37. The summed E-state index contributed by atoms with van der Waals surface area (Å²) in [6.45, 7) is 4.99. The molecule has 0 aliphatic heterocycles. The van der Waals surface area contributed by atoms with E-state index in [4.69, 9.17) is 14.7 Å². The lowest BCUT2D eigenvalue weighted by atomic mass is 10.2. The molecule has 0 atom stereocenters. The normalized spacial score (nSPS) is 10.7. The lowest BCUT2D eigenvalue weighted by Crippen LogP contribution is -2.01. The van der Waals surface area contributed by atoms with Crippen molar-refractivity contribution in [2.45, 2.75) is 13.8 Å². The van der Waals surface area contributed by atoms with E-state index < -0.39 is 0 Å². The van der Waals surface area contributed by atoms with Gasteiger partial charge in [-0.1, -0.05) is 5.16 Å². The average molecular weight is 335 g/mol. The summed E-state index contributed by atoms with van der Waals surface area (Å²) < 4.78 is 11.9. The Morgan fingerprint density at radius 2 is 2.00 bits per heavy atom. The summed E-state index contributed by atoms with van der Waals surface area (Å²) in [6.07, 6.45) is 1.36. The molecule has 4 nitrogen and oxygen atoms in total. The minimum absolute atomic E-state index is 0.565. The molecule has 16 heavy (non-hydrogen) atoms. The van der Waals surface area contributed by atoms with E-state index in [-0.39, 0.29) is 0 Å². The van der Waals surface area contributed by atoms with Gasteiger partial charge in [-0.15, -0.1) is 0 Å². The van der Waals surface area contributed by atoms with Crippen molar-refractivity contribution in [3.63, 3.8) is 0 Å². The van der Waals surface area contributed by atoms with E-state index >= 15 is 0 Å². The fourth-order valence-corrected chi connectivity index (χ4v) is 2.06. The highest BCUT2D eigenvalue weighted by atomic mass is 127. The topological polar surface area (TPSA) is 51.0 Å². The molecule has 88 valence electrons. The number of hydrogen-bond donors (Lipinski definition) is 1. The van der Waals surface area contributed by atoms with Crippen molar-refractivity contribution in [1.82, 2.24) is 0 Å². The smallest absolute Gasteiger partial charge is 0.174 e. The van der Waals surface area contributed by atoms with Gasteiger partial charge in [0.05, 0.1) is 23.0 Å². The number of rotatable bonds is 5. The van der Waals surface area contributed by atoms with Gasteiger partial charge < -0.3 is 14.7 Å². The third-order valence-corrected chi connectivity index (χ3v) is 2.63. The van der Waals surface area contributed by atoms with Crippen molar-refractivity contribution in [2.24, 2.45) is 5.16 Å². The van der Waals surface area contributed by atoms with Crippen LogP contribution in [-0.2, 0) is 0 Å². The Morgan fingerprint density at radius 1 is 1.31 bits per heavy atom. The van der Waals surface area contributed by atoms with Gasteiger partial charge in [0.1, 0.15) is 0 Å². The zero-order chi connectivity index (χ0) is 12.0. The minimum atomic E-state index is 0.565. The van der Waals surface area contributed by atoms with E-state index in [1.165, 1.54) is 6.21 Å². The van der Waals surface area contributed by atoms with Crippen LogP contribution in [0.2, 0.25) is 0 Å². The van der Waals surface area contributed by atoms with E-state index in [1.54, 1.807) is 6.07 Å². The first-order valence-electron chi connectivity index (χ1n) is 4.99. The zero-order valence-corrected chi connectivity index (χ0v) is 11.4. The van der Waals surface area contributed by atoms with E-state index in [1.807, 2.05) is 19.9 Å².